The highest BCUT2D eigenvalue weighted by Crippen LogP contribution is 2.28. The summed E-state index contributed by atoms with van der Waals surface area (Å²) < 4.78 is 5.23. The average Bonchev–Trinajstić information content (AvgIpc) is 2.76. The number of phenolic OH excluding ortho intramolecular Hbond substituents is 1. The molecule has 0 aliphatic rings. The van der Waals surface area contributed by atoms with Gasteiger partial charge in [-0.05, 0) is 32.4 Å². The van der Waals surface area contributed by atoms with Gasteiger partial charge >= 0.3 is 6.09 Å². The van der Waals surface area contributed by atoms with Gasteiger partial charge in [-0.3, -0.25) is 9.59 Å². The molecule has 8 nitrogen and oxygen atoms in total. The highest BCUT2D eigenvalue weighted by Gasteiger charge is 2.34. The van der Waals surface area contributed by atoms with Crippen LogP contribution in [0.15, 0.2) is 54.6 Å². The maximum Gasteiger partial charge on any atom is 0.408 e. The molecule has 0 bridgehead atoms. The fraction of sp³-hybridized carbons (Fsp3) is 0.375. The van der Waals surface area contributed by atoms with Crippen molar-refractivity contribution >= 4 is 30.5 Å². The molecule has 0 saturated heterocycles. The highest BCUT2D eigenvalue weighted by atomic mass is 32.1. The first-order valence-corrected chi connectivity index (χ1v) is 11.1. The molecule has 0 aliphatic carbocycles. The SMILES string of the molecule is CN(C(=O)C(CS)NC(=O)OC(C)(C)C)C(C(=O)NCc1ccccc1)c1ccccc1O. The van der Waals surface area contributed by atoms with E-state index in [1.54, 1.807) is 39.0 Å². The van der Waals surface area contributed by atoms with Gasteiger partial charge in [0.25, 0.3) is 0 Å². The summed E-state index contributed by atoms with van der Waals surface area (Å²) in [6, 6.07) is 13.5. The van der Waals surface area contributed by atoms with E-state index in [1.807, 2.05) is 30.3 Å². The molecular formula is C24H31N3O5S. The lowest BCUT2D eigenvalue weighted by atomic mass is 10.0. The number of hydrogen-bond acceptors (Lipinski definition) is 6. The topological polar surface area (TPSA) is 108 Å². The minimum absolute atomic E-state index is 0.0124. The molecule has 0 heterocycles. The van der Waals surface area contributed by atoms with Crippen LogP contribution in [0.25, 0.3) is 0 Å². The Hall–Kier alpha value is -3.20. The van der Waals surface area contributed by atoms with Gasteiger partial charge < -0.3 is 25.4 Å². The van der Waals surface area contributed by atoms with Crippen LogP contribution in [0.4, 0.5) is 4.79 Å². The molecule has 0 fully saturated rings. The third-order valence-corrected chi connectivity index (χ3v) is 5.06. The average molecular weight is 474 g/mol. The lowest BCUT2D eigenvalue weighted by molar-refractivity contribution is -0.140. The second-order valence-corrected chi connectivity index (χ2v) is 8.86. The molecule has 0 saturated carbocycles. The summed E-state index contributed by atoms with van der Waals surface area (Å²) in [5, 5.41) is 15.7. The highest BCUT2D eigenvalue weighted by molar-refractivity contribution is 7.80. The van der Waals surface area contributed by atoms with Crippen molar-refractivity contribution < 1.29 is 24.2 Å². The first-order chi connectivity index (χ1) is 15.5. The number of hydrogen-bond donors (Lipinski definition) is 4. The summed E-state index contributed by atoms with van der Waals surface area (Å²) in [4.78, 5) is 39.8. The third kappa shape index (κ3) is 7.71. The van der Waals surface area contributed by atoms with E-state index in [2.05, 4.69) is 23.3 Å². The summed E-state index contributed by atoms with van der Waals surface area (Å²) >= 11 is 4.18. The van der Waals surface area contributed by atoms with Crippen molar-refractivity contribution in [3.8, 4) is 5.75 Å². The third-order valence-electron chi connectivity index (χ3n) is 4.70. The maximum atomic E-state index is 13.2. The number of likely N-dealkylation sites (N-methyl/N-ethyl adjacent to an activating group) is 1. The molecule has 0 aliphatic heterocycles. The van der Waals surface area contributed by atoms with Crippen molar-refractivity contribution in [2.24, 2.45) is 0 Å². The van der Waals surface area contributed by atoms with Crippen LogP contribution in [0.2, 0.25) is 0 Å². The van der Waals surface area contributed by atoms with Crippen LogP contribution in [-0.2, 0) is 20.9 Å². The molecule has 0 radical (unpaired) electrons. The first kappa shape index (κ1) is 26.1. The number of ether oxygens (including phenoxy) is 1. The Morgan fingerprint density at radius 2 is 1.67 bits per heavy atom. The number of carbonyl (C=O) groups excluding carboxylic acids is 3. The van der Waals surface area contributed by atoms with Crippen LogP contribution in [0, 0.1) is 0 Å². The summed E-state index contributed by atoms with van der Waals surface area (Å²) in [5.41, 5.74) is 0.403. The van der Waals surface area contributed by atoms with E-state index in [0.29, 0.717) is 0 Å². The van der Waals surface area contributed by atoms with Crippen LogP contribution in [-0.4, -0.2) is 52.4 Å². The lowest BCUT2D eigenvalue weighted by Gasteiger charge is -2.31. The Kier molecular flexibility index (Phi) is 9.16. The Balaban J connectivity index is 2.25. The molecule has 2 atom stereocenters. The fourth-order valence-corrected chi connectivity index (χ4v) is 3.38. The van der Waals surface area contributed by atoms with E-state index in [4.69, 9.17) is 4.74 Å². The molecule has 9 heteroatoms. The van der Waals surface area contributed by atoms with Gasteiger partial charge in [0.2, 0.25) is 11.8 Å². The zero-order chi connectivity index (χ0) is 24.6. The van der Waals surface area contributed by atoms with Gasteiger partial charge in [0.1, 0.15) is 23.4 Å². The molecule has 2 aromatic carbocycles. The zero-order valence-corrected chi connectivity index (χ0v) is 20.1. The number of para-hydroxylation sites is 1. The van der Waals surface area contributed by atoms with E-state index in [-0.39, 0.29) is 23.6 Å². The van der Waals surface area contributed by atoms with Crippen molar-refractivity contribution in [2.45, 2.75) is 45.0 Å². The van der Waals surface area contributed by atoms with E-state index in [9.17, 15) is 19.5 Å². The Morgan fingerprint density at radius 1 is 1.06 bits per heavy atom. The second-order valence-electron chi connectivity index (χ2n) is 8.50. The molecule has 2 aromatic rings. The standard InChI is InChI=1S/C24H31N3O5S/c1-24(2,3)32-23(31)26-18(15-33)22(30)27(4)20(17-12-8-9-13-19(17)28)21(29)25-14-16-10-6-5-7-11-16/h5-13,18,20,28,33H,14-15H2,1-4H3,(H,25,29)(H,26,31). The van der Waals surface area contributed by atoms with Gasteiger partial charge in [0.15, 0.2) is 0 Å². The molecule has 2 unspecified atom stereocenters. The Labute approximate surface area is 199 Å². The predicted molar refractivity (Wildman–Crippen MR) is 129 cm³/mol. The van der Waals surface area contributed by atoms with Crippen LogP contribution in [0.1, 0.15) is 37.9 Å². The Morgan fingerprint density at radius 3 is 2.24 bits per heavy atom. The zero-order valence-electron chi connectivity index (χ0n) is 19.2. The number of nitrogens with zero attached hydrogens (tertiary/aromatic N) is 1. The van der Waals surface area contributed by atoms with Crippen molar-refractivity contribution in [1.29, 1.82) is 0 Å². The molecule has 3 amide bonds. The van der Waals surface area contributed by atoms with Gasteiger partial charge in [-0.2, -0.15) is 12.6 Å². The van der Waals surface area contributed by atoms with Crippen molar-refractivity contribution in [3.63, 3.8) is 0 Å². The number of rotatable bonds is 8. The molecular weight excluding hydrogens is 442 g/mol. The lowest BCUT2D eigenvalue weighted by Crippen LogP contribution is -2.52. The van der Waals surface area contributed by atoms with E-state index in [1.165, 1.54) is 18.0 Å². The number of aromatic hydroxyl groups is 1. The quantitative estimate of drug-likeness (QED) is 0.441. The number of phenols is 1. The number of amides is 3. The predicted octanol–water partition coefficient (Wildman–Crippen LogP) is 3.03. The largest absolute Gasteiger partial charge is 0.508 e. The van der Waals surface area contributed by atoms with Gasteiger partial charge in [-0.15, -0.1) is 0 Å². The number of thiol groups is 1. The van der Waals surface area contributed by atoms with Crippen LogP contribution >= 0.6 is 12.6 Å². The van der Waals surface area contributed by atoms with Gasteiger partial charge in [0.05, 0.1) is 0 Å². The maximum absolute atomic E-state index is 13.2. The summed E-state index contributed by atoms with van der Waals surface area (Å²) in [7, 11) is 1.44. The van der Waals surface area contributed by atoms with Crippen molar-refractivity contribution in [1.82, 2.24) is 15.5 Å². The van der Waals surface area contributed by atoms with Crippen molar-refractivity contribution in [3.05, 3.63) is 65.7 Å². The fourth-order valence-electron chi connectivity index (χ4n) is 3.13. The van der Waals surface area contributed by atoms with Crippen molar-refractivity contribution in [2.75, 3.05) is 12.8 Å². The van der Waals surface area contributed by atoms with E-state index >= 15 is 0 Å². The number of alkyl carbamates (subject to hydrolysis) is 1. The number of benzene rings is 2. The smallest absolute Gasteiger partial charge is 0.408 e. The molecule has 178 valence electrons. The van der Waals surface area contributed by atoms with Gasteiger partial charge in [0, 0.05) is 24.9 Å². The summed E-state index contributed by atoms with van der Waals surface area (Å²) in [6.45, 7) is 5.38. The summed E-state index contributed by atoms with van der Waals surface area (Å²) in [6.07, 6.45) is -0.768. The normalized spacial score (nSPS) is 12.9. The molecule has 33 heavy (non-hydrogen) atoms. The minimum Gasteiger partial charge on any atom is -0.508 e. The van der Waals surface area contributed by atoms with E-state index in [0.717, 1.165) is 5.56 Å². The molecule has 3 N–H and O–H groups in total. The monoisotopic (exact) mass is 473 g/mol. The minimum atomic E-state index is -1.13. The van der Waals surface area contributed by atoms with Gasteiger partial charge in [-0.1, -0.05) is 48.5 Å². The van der Waals surface area contributed by atoms with Gasteiger partial charge in [-0.25, -0.2) is 4.79 Å². The van der Waals surface area contributed by atoms with Crippen LogP contribution in [0.3, 0.4) is 0 Å². The summed E-state index contributed by atoms with van der Waals surface area (Å²) in [5.74, 6) is -1.17. The molecule has 2 rings (SSSR count). The van der Waals surface area contributed by atoms with E-state index < -0.39 is 35.6 Å². The molecule has 0 spiro atoms. The first-order valence-electron chi connectivity index (χ1n) is 10.5. The number of nitrogens with one attached hydrogen (secondary N) is 2. The Bertz CT molecular complexity index is 962. The number of carbonyl (C=O) groups is 3. The molecule has 0 aromatic heterocycles. The van der Waals surface area contributed by atoms with Crippen LogP contribution < -0.4 is 10.6 Å². The van der Waals surface area contributed by atoms with Crippen LogP contribution in [0.5, 0.6) is 5.75 Å². The second kappa shape index (κ2) is 11.6.